The third kappa shape index (κ3) is 5.79. The van der Waals surface area contributed by atoms with Crippen molar-refractivity contribution in [2.75, 3.05) is 7.11 Å². The molecule has 132 valence electrons. The maximum Gasteiger partial charge on any atom is 0.416 e. The molecule has 2 aromatic carbocycles. The van der Waals surface area contributed by atoms with Gasteiger partial charge in [-0.05, 0) is 43.7 Å². The minimum atomic E-state index is -4.28. The Kier molecular flexibility index (Phi) is 6.29. The molecule has 7 heteroatoms. The molecule has 0 amide bonds. The van der Waals surface area contributed by atoms with Crippen LogP contribution in [0.15, 0.2) is 42.5 Å². The van der Waals surface area contributed by atoms with Gasteiger partial charge in [-0.25, -0.2) is 0 Å². The van der Waals surface area contributed by atoms with Gasteiger partial charge >= 0.3 is 12.4 Å². The lowest BCUT2D eigenvalue weighted by Gasteiger charge is -2.09. The van der Waals surface area contributed by atoms with Gasteiger partial charge in [0.05, 0.1) is 18.2 Å². The Morgan fingerprint density at radius 3 is 1.67 bits per heavy atom. The third-order valence-electron chi connectivity index (χ3n) is 3.07. The highest BCUT2D eigenvalue weighted by Crippen LogP contribution is 2.32. The molecular weight excluding hydrogens is 334 g/mol. The molecule has 0 atom stereocenters. The lowest BCUT2D eigenvalue weighted by Crippen LogP contribution is -2.05. The minimum Gasteiger partial charge on any atom is -0.496 e. The van der Waals surface area contributed by atoms with Crippen molar-refractivity contribution in [1.82, 2.24) is 0 Å². The van der Waals surface area contributed by atoms with E-state index in [-0.39, 0.29) is 0 Å². The van der Waals surface area contributed by atoms with Gasteiger partial charge in [0.2, 0.25) is 0 Å². The average molecular weight is 350 g/mol. The molecule has 2 rings (SSSR count). The summed E-state index contributed by atoms with van der Waals surface area (Å²) in [6.07, 6.45) is -8.50. The van der Waals surface area contributed by atoms with Crippen molar-refractivity contribution in [3.63, 3.8) is 0 Å². The molecule has 0 radical (unpaired) electrons. The monoisotopic (exact) mass is 350 g/mol. The lowest BCUT2D eigenvalue weighted by atomic mass is 10.1. The summed E-state index contributed by atoms with van der Waals surface area (Å²) in [4.78, 5) is 0. The first-order valence-corrected chi connectivity index (χ1v) is 6.81. The van der Waals surface area contributed by atoms with E-state index in [0.717, 1.165) is 24.3 Å². The van der Waals surface area contributed by atoms with Gasteiger partial charge in [0.1, 0.15) is 5.75 Å². The van der Waals surface area contributed by atoms with E-state index >= 15 is 0 Å². The van der Waals surface area contributed by atoms with Crippen LogP contribution < -0.4 is 4.74 Å². The molecule has 0 saturated carbocycles. The van der Waals surface area contributed by atoms with E-state index in [9.17, 15) is 26.3 Å². The maximum absolute atomic E-state index is 12.2. The molecule has 0 fully saturated rings. The number of hydrogen-bond acceptors (Lipinski definition) is 1. The summed E-state index contributed by atoms with van der Waals surface area (Å²) in [7, 11) is 1.43. The molecule has 0 bridgehead atoms. The second kappa shape index (κ2) is 7.59. The van der Waals surface area contributed by atoms with Gasteiger partial charge in [-0.2, -0.15) is 26.3 Å². The van der Waals surface area contributed by atoms with E-state index in [0.29, 0.717) is 16.9 Å². The van der Waals surface area contributed by atoms with Gasteiger partial charge in [0.25, 0.3) is 0 Å². The Morgan fingerprint density at radius 1 is 0.750 bits per heavy atom. The zero-order valence-corrected chi connectivity index (χ0v) is 13.2. The normalized spacial score (nSPS) is 11.5. The highest BCUT2D eigenvalue weighted by molar-refractivity contribution is 5.37. The van der Waals surface area contributed by atoms with Crippen molar-refractivity contribution in [2.24, 2.45) is 0 Å². The van der Waals surface area contributed by atoms with Crippen molar-refractivity contribution in [2.45, 2.75) is 26.2 Å². The topological polar surface area (TPSA) is 9.23 Å². The van der Waals surface area contributed by atoms with Crippen LogP contribution in [0.5, 0.6) is 5.75 Å². The second-order valence-corrected chi connectivity index (χ2v) is 5.05. The summed E-state index contributed by atoms with van der Waals surface area (Å²) in [5.74, 6) is 0.466. The van der Waals surface area contributed by atoms with Gasteiger partial charge in [-0.15, -0.1) is 0 Å². The summed E-state index contributed by atoms with van der Waals surface area (Å²) in [6.45, 7) is 3.21. The molecule has 24 heavy (non-hydrogen) atoms. The van der Waals surface area contributed by atoms with Crippen LogP contribution in [0.1, 0.15) is 22.3 Å². The summed E-state index contributed by atoms with van der Waals surface area (Å²) in [5, 5.41) is 0. The van der Waals surface area contributed by atoms with Crippen molar-refractivity contribution in [1.29, 1.82) is 0 Å². The first-order valence-electron chi connectivity index (χ1n) is 6.81. The summed E-state index contributed by atoms with van der Waals surface area (Å²) in [6, 6.07) is 8.61. The first-order chi connectivity index (χ1) is 10.9. The molecule has 0 aliphatic carbocycles. The number of methoxy groups -OCH3 is 1. The summed E-state index contributed by atoms with van der Waals surface area (Å²) < 4.78 is 77.2. The fourth-order valence-electron chi connectivity index (χ4n) is 1.88. The number of alkyl halides is 6. The van der Waals surface area contributed by atoms with E-state index in [4.69, 9.17) is 4.74 Å². The second-order valence-electron chi connectivity index (χ2n) is 5.05. The fourth-order valence-corrected chi connectivity index (χ4v) is 1.88. The van der Waals surface area contributed by atoms with Crippen LogP contribution >= 0.6 is 0 Å². The molecule has 0 aliphatic heterocycles. The van der Waals surface area contributed by atoms with Crippen LogP contribution in [0.3, 0.4) is 0 Å². The fraction of sp³-hybridized carbons (Fsp3) is 0.294. The van der Waals surface area contributed by atoms with Crippen LogP contribution in [-0.4, -0.2) is 7.11 Å². The SMILES string of the molecule is COc1ccc(C(F)(F)F)cc1C.Cc1cccc(C(F)(F)F)c1. The highest BCUT2D eigenvalue weighted by Gasteiger charge is 2.31. The van der Waals surface area contributed by atoms with Crippen molar-refractivity contribution in [3.8, 4) is 5.75 Å². The van der Waals surface area contributed by atoms with E-state index in [2.05, 4.69) is 0 Å². The number of hydrogen-bond donors (Lipinski definition) is 0. The summed E-state index contributed by atoms with van der Waals surface area (Å²) >= 11 is 0. The molecule has 0 N–H and O–H groups in total. The van der Waals surface area contributed by atoms with Gasteiger partial charge in [-0.1, -0.05) is 23.8 Å². The number of halogens is 6. The smallest absolute Gasteiger partial charge is 0.416 e. The zero-order chi connectivity index (χ0) is 18.5. The number of rotatable bonds is 1. The molecule has 0 saturated heterocycles. The van der Waals surface area contributed by atoms with Gasteiger partial charge in [0, 0.05) is 0 Å². The Hall–Kier alpha value is -2.18. The van der Waals surface area contributed by atoms with Gasteiger partial charge in [-0.3, -0.25) is 0 Å². The lowest BCUT2D eigenvalue weighted by molar-refractivity contribution is -0.138. The Morgan fingerprint density at radius 2 is 1.29 bits per heavy atom. The quantitative estimate of drug-likeness (QED) is 0.570. The highest BCUT2D eigenvalue weighted by atomic mass is 19.4. The van der Waals surface area contributed by atoms with Crippen LogP contribution in [-0.2, 0) is 12.4 Å². The Labute approximate surface area is 135 Å². The predicted molar refractivity (Wildman–Crippen MR) is 78.9 cm³/mol. The van der Waals surface area contributed by atoms with Gasteiger partial charge < -0.3 is 4.74 Å². The molecule has 2 aromatic rings. The standard InChI is InChI=1S/C9H9F3O.C8H7F3/c1-6-5-7(9(10,11)12)3-4-8(6)13-2;1-6-3-2-4-7(5-6)8(9,10)11/h3-5H,1-2H3;2-5H,1H3. The van der Waals surface area contributed by atoms with E-state index in [1.165, 1.54) is 19.2 Å². The molecule has 0 aromatic heterocycles. The zero-order valence-electron chi connectivity index (χ0n) is 13.2. The van der Waals surface area contributed by atoms with Crippen LogP contribution in [0.2, 0.25) is 0 Å². The number of benzene rings is 2. The molecule has 0 spiro atoms. The maximum atomic E-state index is 12.2. The Bertz CT molecular complexity index is 674. The molecular formula is C17H16F6O. The Balaban J connectivity index is 0.000000243. The minimum absolute atomic E-state index is 0.466. The van der Waals surface area contributed by atoms with E-state index in [1.54, 1.807) is 19.9 Å². The molecule has 0 heterocycles. The molecule has 1 nitrogen and oxygen atoms in total. The van der Waals surface area contributed by atoms with Crippen LogP contribution in [0.4, 0.5) is 26.3 Å². The number of aryl methyl sites for hydroxylation is 2. The predicted octanol–water partition coefficient (Wildman–Crippen LogP) is 6.04. The van der Waals surface area contributed by atoms with E-state index in [1.807, 2.05) is 0 Å². The van der Waals surface area contributed by atoms with Crippen LogP contribution in [0, 0.1) is 13.8 Å². The van der Waals surface area contributed by atoms with Crippen molar-refractivity contribution >= 4 is 0 Å². The molecule has 0 aliphatic rings. The van der Waals surface area contributed by atoms with Gasteiger partial charge in [0.15, 0.2) is 0 Å². The first kappa shape index (κ1) is 19.9. The van der Waals surface area contributed by atoms with Crippen molar-refractivity contribution in [3.05, 3.63) is 64.7 Å². The van der Waals surface area contributed by atoms with Crippen molar-refractivity contribution < 1.29 is 31.1 Å². The average Bonchev–Trinajstić information content (AvgIpc) is 2.46. The number of ether oxygens (including phenoxy) is 1. The third-order valence-corrected chi connectivity index (χ3v) is 3.07. The largest absolute Gasteiger partial charge is 0.496 e. The molecule has 0 unspecified atom stereocenters. The van der Waals surface area contributed by atoms with Crippen LogP contribution in [0.25, 0.3) is 0 Å². The van der Waals surface area contributed by atoms with E-state index < -0.39 is 23.5 Å². The summed E-state index contributed by atoms with van der Waals surface area (Å²) in [5.41, 5.74) is -0.125.